The van der Waals surface area contributed by atoms with Gasteiger partial charge in [0.05, 0.1) is 25.4 Å². The molecule has 426 valence electrons. The number of nitrogens with one attached hydrogen (secondary N) is 1. The SMILES string of the molecule is CCCCCCCCCCC/C=C/C(O)C(CO)NC(=O)CCCCCCCCCCCCCCCCC/C=C\CCCCCCCCCCCCCCOC(=O)CCCCCCCCCCCCCCC. The maximum Gasteiger partial charge on any atom is 0.305 e. The minimum absolute atomic E-state index is 0.0192. The van der Waals surface area contributed by atoms with Crippen LogP contribution < -0.4 is 5.32 Å². The molecular weight excluding hydrogens is 887 g/mol. The first-order valence-electron chi connectivity index (χ1n) is 32.6. The molecule has 6 nitrogen and oxygen atoms in total. The van der Waals surface area contributed by atoms with Crippen molar-refractivity contribution >= 4 is 11.9 Å². The molecule has 0 saturated heterocycles. The number of carbonyl (C=O) groups is 2. The van der Waals surface area contributed by atoms with E-state index in [0.717, 1.165) is 38.5 Å². The number of carbonyl (C=O) groups excluding carboxylic acids is 2. The smallest absolute Gasteiger partial charge is 0.305 e. The third-order valence-electron chi connectivity index (χ3n) is 15.2. The molecular formula is C66H127NO5. The lowest BCUT2D eigenvalue weighted by Crippen LogP contribution is -2.45. The number of aliphatic hydroxyl groups excluding tert-OH is 2. The summed E-state index contributed by atoms with van der Waals surface area (Å²) in [6, 6.07) is -0.624. The number of rotatable bonds is 61. The van der Waals surface area contributed by atoms with E-state index in [1.807, 2.05) is 6.08 Å². The van der Waals surface area contributed by atoms with Crippen LogP contribution in [0.2, 0.25) is 0 Å². The maximum atomic E-state index is 12.4. The standard InChI is InChI=1S/C66H127NO5/c1-3-5-7-9-11-13-15-35-40-44-48-52-56-60-66(71)72-61-57-53-49-45-41-37-34-32-30-28-26-24-22-20-18-16-17-19-21-23-25-27-29-31-33-36-39-43-47-51-55-59-65(70)67-63(62-68)64(69)58-54-50-46-42-38-14-12-10-8-6-4-2/h18,20,54,58,63-64,68-69H,3-17,19,21-53,55-57,59-62H2,1-2H3,(H,67,70)/b20-18-,58-54+. The zero-order valence-electron chi connectivity index (χ0n) is 48.7. The van der Waals surface area contributed by atoms with Crippen molar-refractivity contribution in [2.45, 2.75) is 373 Å². The van der Waals surface area contributed by atoms with Crippen LogP contribution in [0, 0.1) is 0 Å². The van der Waals surface area contributed by atoms with Crippen LogP contribution in [0.25, 0.3) is 0 Å². The molecule has 0 fully saturated rings. The van der Waals surface area contributed by atoms with Gasteiger partial charge in [0.15, 0.2) is 0 Å². The second kappa shape index (κ2) is 61.9. The lowest BCUT2D eigenvalue weighted by molar-refractivity contribution is -0.143. The minimum Gasteiger partial charge on any atom is -0.466 e. The number of esters is 1. The van der Waals surface area contributed by atoms with Crippen LogP contribution in [0.4, 0.5) is 0 Å². The maximum absolute atomic E-state index is 12.4. The fourth-order valence-electron chi connectivity index (χ4n) is 10.2. The van der Waals surface area contributed by atoms with Crippen molar-refractivity contribution in [3.8, 4) is 0 Å². The Morgan fingerprint density at radius 1 is 0.375 bits per heavy atom. The van der Waals surface area contributed by atoms with E-state index in [-0.39, 0.29) is 18.5 Å². The van der Waals surface area contributed by atoms with E-state index in [2.05, 4.69) is 31.3 Å². The zero-order valence-corrected chi connectivity index (χ0v) is 48.7. The van der Waals surface area contributed by atoms with Crippen LogP contribution >= 0.6 is 0 Å². The molecule has 0 saturated carbocycles. The number of amides is 1. The van der Waals surface area contributed by atoms with Gasteiger partial charge in [-0.1, -0.05) is 314 Å². The first-order valence-corrected chi connectivity index (χ1v) is 32.6. The molecule has 0 aromatic carbocycles. The zero-order chi connectivity index (χ0) is 52.2. The number of hydrogen-bond donors (Lipinski definition) is 3. The van der Waals surface area contributed by atoms with Gasteiger partial charge in [0.1, 0.15) is 0 Å². The van der Waals surface area contributed by atoms with Crippen molar-refractivity contribution in [2.75, 3.05) is 13.2 Å². The molecule has 2 atom stereocenters. The highest BCUT2D eigenvalue weighted by atomic mass is 16.5. The van der Waals surface area contributed by atoms with Gasteiger partial charge in [0, 0.05) is 12.8 Å². The number of ether oxygens (including phenoxy) is 1. The fraction of sp³-hybridized carbons (Fsp3) is 0.909. The van der Waals surface area contributed by atoms with Gasteiger partial charge in [0.2, 0.25) is 5.91 Å². The van der Waals surface area contributed by atoms with Crippen molar-refractivity contribution in [1.29, 1.82) is 0 Å². The summed E-state index contributed by atoms with van der Waals surface area (Å²) >= 11 is 0. The summed E-state index contributed by atoms with van der Waals surface area (Å²) in [5, 5.41) is 23.0. The number of unbranched alkanes of at least 4 members (excludes halogenated alkanes) is 48. The largest absolute Gasteiger partial charge is 0.466 e. The molecule has 3 N–H and O–H groups in total. The van der Waals surface area contributed by atoms with Gasteiger partial charge in [-0.3, -0.25) is 9.59 Å². The Morgan fingerprint density at radius 2 is 0.653 bits per heavy atom. The second-order valence-electron chi connectivity index (χ2n) is 22.5. The summed E-state index contributed by atoms with van der Waals surface area (Å²) in [6.45, 7) is 4.91. The Morgan fingerprint density at radius 3 is 0.986 bits per heavy atom. The summed E-state index contributed by atoms with van der Waals surface area (Å²) in [5.74, 6) is -0.0467. The van der Waals surface area contributed by atoms with Gasteiger partial charge in [-0.05, 0) is 57.8 Å². The molecule has 72 heavy (non-hydrogen) atoms. The van der Waals surface area contributed by atoms with Crippen LogP contribution in [0.15, 0.2) is 24.3 Å². The first kappa shape index (κ1) is 70.3. The molecule has 0 bridgehead atoms. The molecule has 6 heteroatoms. The number of hydrogen-bond acceptors (Lipinski definition) is 5. The molecule has 0 radical (unpaired) electrons. The van der Waals surface area contributed by atoms with Gasteiger partial charge >= 0.3 is 5.97 Å². The van der Waals surface area contributed by atoms with E-state index >= 15 is 0 Å². The van der Waals surface area contributed by atoms with E-state index in [1.54, 1.807) is 6.08 Å². The summed E-state index contributed by atoms with van der Waals surface area (Å²) in [5.41, 5.74) is 0. The monoisotopic (exact) mass is 1010 g/mol. The lowest BCUT2D eigenvalue weighted by atomic mass is 10.0. The Hall–Kier alpha value is -1.66. The highest BCUT2D eigenvalue weighted by molar-refractivity contribution is 5.76. The van der Waals surface area contributed by atoms with E-state index in [0.29, 0.717) is 19.4 Å². The molecule has 0 heterocycles. The van der Waals surface area contributed by atoms with Crippen LogP contribution in [0.1, 0.15) is 361 Å². The predicted octanol–water partition coefficient (Wildman–Crippen LogP) is 20.6. The third-order valence-corrected chi connectivity index (χ3v) is 15.2. The van der Waals surface area contributed by atoms with Gasteiger partial charge in [0.25, 0.3) is 0 Å². The molecule has 1 amide bonds. The molecule has 0 aliphatic heterocycles. The number of allylic oxidation sites excluding steroid dienone is 3. The summed E-state index contributed by atoms with van der Waals surface area (Å²) < 4.78 is 5.48. The van der Waals surface area contributed by atoms with Crippen molar-refractivity contribution in [1.82, 2.24) is 5.32 Å². The average Bonchev–Trinajstić information content (AvgIpc) is 3.38. The Balaban J connectivity index is 3.35. The topological polar surface area (TPSA) is 95.9 Å². The molecule has 0 aromatic rings. The summed E-state index contributed by atoms with van der Waals surface area (Å²) in [4.78, 5) is 24.5. The molecule has 0 rings (SSSR count). The summed E-state index contributed by atoms with van der Waals surface area (Å²) in [6.07, 6.45) is 76.8. The van der Waals surface area contributed by atoms with Gasteiger partial charge in [-0.15, -0.1) is 0 Å². The molecule has 0 aromatic heterocycles. The quantitative estimate of drug-likeness (QED) is 0.0320. The fourth-order valence-corrected chi connectivity index (χ4v) is 10.2. The van der Waals surface area contributed by atoms with Crippen LogP contribution in [0.5, 0.6) is 0 Å². The molecule has 0 spiro atoms. The molecule has 2 unspecified atom stereocenters. The van der Waals surface area contributed by atoms with E-state index in [9.17, 15) is 19.8 Å². The Labute approximate surface area is 450 Å². The van der Waals surface area contributed by atoms with Gasteiger partial charge in [-0.25, -0.2) is 0 Å². The third kappa shape index (κ3) is 57.6. The Kier molecular flexibility index (Phi) is 60.5. The normalized spacial score (nSPS) is 12.7. The highest BCUT2D eigenvalue weighted by Gasteiger charge is 2.18. The average molecular weight is 1010 g/mol. The van der Waals surface area contributed by atoms with E-state index in [1.165, 1.54) is 295 Å². The minimum atomic E-state index is -0.841. The van der Waals surface area contributed by atoms with E-state index in [4.69, 9.17) is 4.74 Å². The number of aliphatic hydroxyl groups is 2. The van der Waals surface area contributed by atoms with E-state index < -0.39 is 12.1 Å². The van der Waals surface area contributed by atoms with Crippen molar-refractivity contribution in [3.05, 3.63) is 24.3 Å². The Bertz CT molecular complexity index is 1120. The van der Waals surface area contributed by atoms with Crippen LogP contribution in [0.3, 0.4) is 0 Å². The van der Waals surface area contributed by atoms with Crippen molar-refractivity contribution in [3.63, 3.8) is 0 Å². The van der Waals surface area contributed by atoms with Crippen molar-refractivity contribution < 1.29 is 24.5 Å². The first-order chi connectivity index (χ1) is 35.5. The second-order valence-corrected chi connectivity index (χ2v) is 22.5. The summed E-state index contributed by atoms with van der Waals surface area (Å²) in [7, 11) is 0. The predicted molar refractivity (Wildman–Crippen MR) is 315 cm³/mol. The van der Waals surface area contributed by atoms with Crippen LogP contribution in [-0.4, -0.2) is 47.4 Å². The highest BCUT2D eigenvalue weighted by Crippen LogP contribution is 2.18. The van der Waals surface area contributed by atoms with Crippen molar-refractivity contribution in [2.24, 2.45) is 0 Å². The van der Waals surface area contributed by atoms with Gasteiger partial charge in [-0.2, -0.15) is 0 Å². The molecule has 0 aliphatic carbocycles. The van der Waals surface area contributed by atoms with Gasteiger partial charge < -0.3 is 20.3 Å². The molecule has 0 aliphatic rings. The lowest BCUT2D eigenvalue weighted by Gasteiger charge is -2.20. The van der Waals surface area contributed by atoms with Crippen LogP contribution in [-0.2, 0) is 14.3 Å².